The van der Waals surface area contributed by atoms with Gasteiger partial charge in [0.25, 0.3) is 0 Å². The Balaban J connectivity index is 2.61. The Kier molecular flexibility index (Phi) is 6.32. The molecule has 1 saturated heterocycles. The van der Waals surface area contributed by atoms with Crippen molar-refractivity contribution in [1.82, 2.24) is 4.90 Å². The first-order chi connectivity index (χ1) is 8.17. The minimum atomic E-state index is -0.979. The van der Waals surface area contributed by atoms with Crippen LogP contribution in [0.4, 0.5) is 0 Å². The second-order valence-electron chi connectivity index (χ2n) is 5.79. The zero-order valence-electron chi connectivity index (χ0n) is 12.4. The van der Waals surface area contributed by atoms with Crippen LogP contribution in [0.2, 0.25) is 24.2 Å². The summed E-state index contributed by atoms with van der Waals surface area (Å²) >= 11 is 0. The molecule has 0 saturated carbocycles. The normalized spacial score (nSPS) is 16.5. The highest BCUT2D eigenvalue weighted by atomic mass is 28.3. The summed E-state index contributed by atoms with van der Waals surface area (Å²) in [6.45, 7) is 12.0. The first-order valence-electron chi connectivity index (χ1n) is 7.59. The Morgan fingerprint density at radius 1 is 1.00 bits per heavy atom. The van der Waals surface area contributed by atoms with Crippen LogP contribution in [0.1, 0.15) is 47.0 Å². The van der Waals surface area contributed by atoms with Crippen molar-refractivity contribution in [3.8, 4) is 0 Å². The molecular weight excluding hydrogens is 222 g/mol. The summed E-state index contributed by atoms with van der Waals surface area (Å²) < 4.78 is 0. The van der Waals surface area contributed by atoms with E-state index in [1.54, 1.807) is 23.8 Å². The molecule has 2 heteroatoms. The van der Waals surface area contributed by atoms with Gasteiger partial charge >= 0.3 is 0 Å². The van der Waals surface area contributed by atoms with Crippen LogP contribution in [0.15, 0.2) is 11.8 Å². The van der Waals surface area contributed by atoms with Crippen molar-refractivity contribution in [3.63, 3.8) is 0 Å². The molecule has 1 heterocycles. The Hall–Kier alpha value is -0.243. The zero-order chi connectivity index (χ0) is 12.7. The third kappa shape index (κ3) is 4.87. The van der Waals surface area contributed by atoms with Crippen LogP contribution in [-0.4, -0.2) is 26.1 Å². The zero-order valence-corrected chi connectivity index (χ0v) is 13.4. The molecule has 0 N–H and O–H groups in total. The molecule has 100 valence electrons. The highest BCUT2D eigenvalue weighted by Crippen LogP contribution is 2.31. The van der Waals surface area contributed by atoms with Gasteiger partial charge in [-0.25, -0.2) is 0 Å². The van der Waals surface area contributed by atoms with Gasteiger partial charge in [-0.2, -0.15) is 0 Å². The van der Waals surface area contributed by atoms with E-state index in [9.17, 15) is 0 Å². The van der Waals surface area contributed by atoms with Gasteiger partial charge in [-0.05, 0) is 13.0 Å². The van der Waals surface area contributed by atoms with Gasteiger partial charge in [-0.15, -0.1) is 0 Å². The molecule has 0 aromatic rings. The summed E-state index contributed by atoms with van der Waals surface area (Å²) in [6, 6.07) is 6.06. The highest BCUT2D eigenvalue weighted by molar-refractivity contribution is 6.80. The summed E-state index contributed by atoms with van der Waals surface area (Å²) in [5.41, 5.74) is 1.55. The number of allylic oxidation sites excluding steroid dienone is 2. The van der Waals surface area contributed by atoms with Crippen molar-refractivity contribution >= 4 is 8.07 Å². The number of hydrogen-bond acceptors (Lipinski definition) is 1. The van der Waals surface area contributed by atoms with Crippen LogP contribution in [0.5, 0.6) is 0 Å². The average molecular weight is 254 g/mol. The van der Waals surface area contributed by atoms with E-state index < -0.39 is 8.07 Å². The van der Waals surface area contributed by atoms with Crippen LogP contribution in [0.3, 0.4) is 0 Å². The summed E-state index contributed by atoms with van der Waals surface area (Å²) in [6.07, 6.45) is 6.74. The molecule has 0 spiro atoms. The lowest BCUT2D eigenvalue weighted by atomic mass is 10.4. The van der Waals surface area contributed by atoms with Crippen LogP contribution in [0.25, 0.3) is 0 Å². The van der Waals surface area contributed by atoms with Crippen molar-refractivity contribution in [2.75, 3.05) is 13.1 Å². The fourth-order valence-electron chi connectivity index (χ4n) is 3.17. The quantitative estimate of drug-likeness (QED) is 0.418. The van der Waals surface area contributed by atoms with Gasteiger partial charge in [0, 0.05) is 18.8 Å². The molecule has 0 aliphatic carbocycles. The van der Waals surface area contributed by atoms with Gasteiger partial charge in [0.05, 0.1) is 8.07 Å². The van der Waals surface area contributed by atoms with E-state index >= 15 is 0 Å². The Morgan fingerprint density at radius 2 is 1.47 bits per heavy atom. The molecule has 17 heavy (non-hydrogen) atoms. The molecule has 0 aromatic carbocycles. The molecule has 0 bridgehead atoms. The van der Waals surface area contributed by atoms with Gasteiger partial charge in [0.1, 0.15) is 0 Å². The average Bonchev–Trinajstić information content (AvgIpc) is 3.11. The molecule has 1 rings (SSSR count). The first kappa shape index (κ1) is 14.8. The van der Waals surface area contributed by atoms with E-state index in [0.29, 0.717) is 0 Å². The molecule has 1 nitrogen and oxygen atoms in total. The first-order valence-corrected chi connectivity index (χ1v) is 10.4. The molecule has 1 aliphatic rings. The van der Waals surface area contributed by atoms with Gasteiger partial charge in [0.15, 0.2) is 0 Å². The fourth-order valence-corrected chi connectivity index (χ4v) is 8.44. The summed E-state index contributed by atoms with van der Waals surface area (Å²) in [7, 11) is -0.979. The molecule has 1 aliphatic heterocycles. The van der Waals surface area contributed by atoms with E-state index in [-0.39, 0.29) is 0 Å². The van der Waals surface area contributed by atoms with Crippen LogP contribution in [0, 0.1) is 0 Å². The second kappa shape index (κ2) is 7.25. The number of nitrogens with zero attached hydrogens (tertiary/aromatic N) is 1. The van der Waals surface area contributed by atoms with E-state index in [1.165, 1.54) is 38.4 Å². The maximum Gasteiger partial charge on any atom is 0.0573 e. The summed E-state index contributed by atoms with van der Waals surface area (Å²) in [5, 5.41) is 0. The molecule has 0 radical (unpaired) electrons. The van der Waals surface area contributed by atoms with Crippen LogP contribution in [-0.2, 0) is 0 Å². The maximum atomic E-state index is 2.57. The fraction of sp³-hybridized carbons (Fsp3) is 0.867. The minimum Gasteiger partial charge on any atom is -0.372 e. The van der Waals surface area contributed by atoms with E-state index in [1.807, 2.05) is 0 Å². The van der Waals surface area contributed by atoms with E-state index in [4.69, 9.17) is 0 Å². The van der Waals surface area contributed by atoms with E-state index in [2.05, 4.69) is 38.7 Å². The molecular formula is C15H31NSi. The van der Waals surface area contributed by atoms with Crippen LogP contribution >= 0.6 is 0 Å². The number of hydrogen-bond donors (Lipinski definition) is 0. The lowest BCUT2D eigenvalue weighted by Crippen LogP contribution is -2.32. The van der Waals surface area contributed by atoms with E-state index in [0.717, 1.165) is 0 Å². The Morgan fingerprint density at radius 3 is 1.82 bits per heavy atom. The monoisotopic (exact) mass is 253 g/mol. The standard InChI is InChI=1S/C15H31NSi/c1-5-11-17(12-6-2,13-7-3)14-8-15(4)16-9-10-16/h8H,5-7,9-14H2,1-4H3/b15-8-. The van der Waals surface area contributed by atoms with Gasteiger partial charge in [-0.3, -0.25) is 0 Å². The topological polar surface area (TPSA) is 3.01 Å². The Labute approximate surface area is 109 Å². The lowest BCUT2D eigenvalue weighted by Gasteiger charge is -2.30. The Bertz CT molecular complexity index is 226. The lowest BCUT2D eigenvalue weighted by molar-refractivity contribution is 0.695. The molecule has 0 aromatic heterocycles. The smallest absolute Gasteiger partial charge is 0.0573 e. The van der Waals surface area contributed by atoms with Crippen LogP contribution < -0.4 is 0 Å². The molecule has 0 atom stereocenters. The van der Waals surface area contributed by atoms with Crippen molar-refractivity contribution in [2.45, 2.75) is 71.1 Å². The highest BCUT2D eigenvalue weighted by Gasteiger charge is 2.29. The minimum absolute atomic E-state index is 0.979. The maximum absolute atomic E-state index is 2.57. The molecule has 1 fully saturated rings. The SMILES string of the molecule is CCC[Si](C/C=C(/C)N1CC1)(CCC)CCC. The molecule has 0 amide bonds. The third-order valence-electron chi connectivity index (χ3n) is 4.12. The van der Waals surface area contributed by atoms with Gasteiger partial charge in [-0.1, -0.05) is 64.2 Å². The predicted octanol–water partition coefficient (Wildman–Crippen LogP) is 4.88. The largest absolute Gasteiger partial charge is 0.372 e. The number of rotatable bonds is 9. The van der Waals surface area contributed by atoms with Gasteiger partial charge in [0.2, 0.25) is 0 Å². The predicted molar refractivity (Wildman–Crippen MR) is 81.2 cm³/mol. The summed E-state index contributed by atoms with van der Waals surface area (Å²) in [4.78, 5) is 2.49. The van der Waals surface area contributed by atoms with Gasteiger partial charge < -0.3 is 4.90 Å². The van der Waals surface area contributed by atoms with Crippen molar-refractivity contribution in [2.24, 2.45) is 0 Å². The second-order valence-corrected chi connectivity index (χ2v) is 10.7. The summed E-state index contributed by atoms with van der Waals surface area (Å²) in [5.74, 6) is 0. The molecule has 0 unspecified atom stereocenters. The van der Waals surface area contributed by atoms with Crippen molar-refractivity contribution in [1.29, 1.82) is 0 Å². The van der Waals surface area contributed by atoms with Crippen molar-refractivity contribution < 1.29 is 0 Å². The third-order valence-corrected chi connectivity index (χ3v) is 9.87. The van der Waals surface area contributed by atoms with Crippen molar-refractivity contribution in [3.05, 3.63) is 11.8 Å².